The molecular formula is C20H24ClNO2. The molecule has 0 aliphatic carbocycles. The standard InChI is InChI=1S/C20H24ClNO2/c1-20(2,16-7-5-8-17(21)13-16)14-22-19(23)11-10-15-6-4-9-18(12-15)24-3/h4-9,12-13H,10-11,14H2,1-3H3,(H,22,23). The number of aryl methyl sites for hydroxylation is 1. The number of hydrogen-bond acceptors (Lipinski definition) is 2. The van der Waals surface area contributed by atoms with Crippen LogP contribution in [0.2, 0.25) is 5.02 Å². The average molecular weight is 346 g/mol. The van der Waals surface area contributed by atoms with E-state index in [0.29, 0.717) is 24.4 Å². The zero-order valence-electron chi connectivity index (χ0n) is 14.4. The van der Waals surface area contributed by atoms with Crippen molar-refractivity contribution in [1.29, 1.82) is 0 Å². The molecule has 0 aliphatic heterocycles. The maximum absolute atomic E-state index is 12.1. The molecule has 0 aliphatic rings. The maximum atomic E-state index is 12.1. The second-order valence-electron chi connectivity index (χ2n) is 6.52. The van der Waals surface area contributed by atoms with Crippen LogP contribution < -0.4 is 10.1 Å². The largest absolute Gasteiger partial charge is 0.497 e. The zero-order valence-corrected chi connectivity index (χ0v) is 15.2. The molecule has 0 atom stereocenters. The molecule has 128 valence electrons. The fourth-order valence-corrected chi connectivity index (χ4v) is 2.70. The van der Waals surface area contributed by atoms with Crippen molar-refractivity contribution in [2.75, 3.05) is 13.7 Å². The van der Waals surface area contributed by atoms with Crippen LogP contribution in [0.25, 0.3) is 0 Å². The SMILES string of the molecule is COc1cccc(CCC(=O)NCC(C)(C)c2cccc(Cl)c2)c1. The lowest BCUT2D eigenvalue weighted by molar-refractivity contribution is -0.121. The van der Waals surface area contributed by atoms with Gasteiger partial charge in [-0.2, -0.15) is 0 Å². The molecule has 0 bridgehead atoms. The zero-order chi connectivity index (χ0) is 17.6. The van der Waals surface area contributed by atoms with Crippen molar-refractivity contribution in [2.24, 2.45) is 0 Å². The molecular weight excluding hydrogens is 322 g/mol. The van der Waals surface area contributed by atoms with Crippen LogP contribution in [0.15, 0.2) is 48.5 Å². The van der Waals surface area contributed by atoms with E-state index in [0.717, 1.165) is 16.9 Å². The molecule has 4 heteroatoms. The van der Waals surface area contributed by atoms with Crippen molar-refractivity contribution in [3.63, 3.8) is 0 Å². The molecule has 0 fully saturated rings. The molecule has 3 nitrogen and oxygen atoms in total. The van der Waals surface area contributed by atoms with E-state index >= 15 is 0 Å². The minimum Gasteiger partial charge on any atom is -0.497 e. The summed E-state index contributed by atoms with van der Waals surface area (Å²) in [6.45, 7) is 4.77. The van der Waals surface area contributed by atoms with E-state index in [4.69, 9.17) is 16.3 Å². The number of methoxy groups -OCH3 is 1. The first-order chi connectivity index (χ1) is 11.4. The van der Waals surface area contributed by atoms with Crippen molar-refractivity contribution < 1.29 is 9.53 Å². The second-order valence-corrected chi connectivity index (χ2v) is 6.96. The smallest absolute Gasteiger partial charge is 0.220 e. The van der Waals surface area contributed by atoms with Crippen LogP contribution in [0.4, 0.5) is 0 Å². The third-order valence-corrected chi connectivity index (χ3v) is 4.34. The van der Waals surface area contributed by atoms with Gasteiger partial charge in [0.05, 0.1) is 7.11 Å². The van der Waals surface area contributed by atoms with Gasteiger partial charge in [0.25, 0.3) is 0 Å². The van der Waals surface area contributed by atoms with E-state index in [2.05, 4.69) is 19.2 Å². The van der Waals surface area contributed by atoms with E-state index in [1.807, 2.05) is 48.5 Å². The number of ether oxygens (including phenoxy) is 1. The van der Waals surface area contributed by atoms with Gasteiger partial charge in [-0.15, -0.1) is 0 Å². The number of rotatable bonds is 7. The Morgan fingerprint density at radius 3 is 2.62 bits per heavy atom. The minimum atomic E-state index is -0.170. The maximum Gasteiger partial charge on any atom is 0.220 e. The van der Waals surface area contributed by atoms with Gasteiger partial charge in [-0.1, -0.05) is 49.7 Å². The highest BCUT2D eigenvalue weighted by Crippen LogP contribution is 2.25. The second kappa shape index (κ2) is 8.20. The Labute approximate surface area is 149 Å². The number of carbonyl (C=O) groups excluding carboxylic acids is 1. The van der Waals surface area contributed by atoms with Gasteiger partial charge in [-0.05, 0) is 41.8 Å². The van der Waals surface area contributed by atoms with Gasteiger partial charge in [0, 0.05) is 23.4 Å². The lowest BCUT2D eigenvalue weighted by atomic mass is 9.84. The topological polar surface area (TPSA) is 38.3 Å². The first-order valence-corrected chi connectivity index (χ1v) is 8.44. The molecule has 24 heavy (non-hydrogen) atoms. The quantitative estimate of drug-likeness (QED) is 0.809. The van der Waals surface area contributed by atoms with Gasteiger partial charge in [0.1, 0.15) is 5.75 Å². The minimum absolute atomic E-state index is 0.0490. The summed E-state index contributed by atoms with van der Waals surface area (Å²) in [6.07, 6.45) is 1.15. The lowest BCUT2D eigenvalue weighted by Crippen LogP contribution is -2.36. The van der Waals surface area contributed by atoms with Crippen molar-refractivity contribution in [3.8, 4) is 5.75 Å². The Bertz CT molecular complexity index is 698. The summed E-state index contributed by atoms with van der Waals surface area (Å²) in [6, 6.07) is 15.6. The van der Waals surface area contributed by atoms with E-state index < -0.39 is 0 Å². The molecule has 0 unspecified atom stereocenters. The number of halogens is 1. The third-order valence-electron chi connectivity index (χ3n) is 4.11. The summed E-state index contributed by atoms with van der Waals surface area (Å²) in [5.41, 5.74) is 2.04. The summed E-state index contributed by atoms with van der Waals surface area (Å²) < 4.78 is 5.20. The number of carbonyl (C=O) groups is 1. The Morgan fingerprint density at radius 1 is 1.17 bits per heavy atom. The normalized spacial score (nSPS) is 11.2. The molecule has 0 heterocycles. The van der Waals surface area contributed by atoms with Crippen LogP contribution >= 0.6 is 11.6 Å². The molecule has 0 radical (unpaired) electrons. The number of hydrogen-bond donors (Lipinski definition) is 1. The van der Waals surface area contributed by atoms with Crippen LogP contribution in [0.1, 0.15) is 31.4 Å². The molecule has 0 saturated carbocycles. The molecule has 1 N–H and O–H groups in total. The van der Waals surface area contributed by atoms with E-state index in [1.165, 1.54) is 0 Å². The molecule has 0 spiro atoms. The van der Waals surface area contributed by atoms with Gasteiger partial charge in [-0.3, -0.25) is 4.79 Å². The summed E-state index contributed by atoms with van der Waals surface area (Å²) >= 11 is 6.06. The Morgan fingerprint density at radius 2 is 1.92 bits per heavy atom. The first kappa shape index (κ1) is 18.3. The van der Waals surface area contributed by atoms with Gasteiger partial charge in [-0.25, -0.2) is 0 Å². The monoisotopic (exact) mass is 345 g/mol. The highest BCUT2D eigenvalue weighted by Gasteiger charge is 2.21. The predicted octanol–water partition coefficient (Wildman–Crippen LogP) is 4.38. The molecule has 2 aromatic carbocycles. The van der Waals surface area contributed by atoms with Crippen molar-refractivity contribution >= 4 is 17.5 Å². The van der Waals surface area contributed by atoms with Gasteiger partial charge < -0.3 is 10.1 Å². The summed E-state index contributed by atoms with van der Waals surface area (Å²) in [4.78, 5) is 12.1. The number of benzene rings is 2. The molecule has 0 saturated heterocycles. The summed E-state index contributed by atoms with van der Waals surface area (Å²) in [7, 11) is 1.64. The Kier molecular flexibility index (Phi) is 6.27. The number of amides is 1. The fourth-order valence-electron chi connectivity index (χ4n) is 2.51. The fraction of sp³-hybridized carbons (Fsp3) is 0.350. The summed E-state index contributed by atoms with van der Waals surface area (Å²) in [5.74, 6) is 0.864. The Balaban J connectivity index is 1.86. The third kappa shape index (κ3) is 5.27. The van der Waals surface area contributed by atoms with Crippen molar-refractivity contribution in [3.05, 3.63) is 64.7 Å². The van der Waals surface area contributed by atoms with Gasteiger partial charge in [0.15, 0.2) is 0 Å². The van der Waals surface area contributed by atoms with Gasteiger partial charge >= 0.3 is 0 Å². The van der Waals surface area contributed by atoms with Crippen LogP contribution in [-0.4, -0.2) is 19.6 Å². The number of nitrogens with one attached hydrogen (secondary N) is 1. The van der Waals surface area contributed by atoms with Crippen molar-refractivity contribution in [2.45, 2.75) is 32.1 Å². The highest BCUT2D eigenvalue weighted by atomic mass is 35.5. The molecule has 0 aromatic heterocycles. The van der Waals surface area contributed by atoms with E-state index in [9.17, 15) is 4.79 Å². The molecule has 1 amide bonds. The first-order valence-electron chi connectivity index (χ1n) is 8.06. The Hall–Kier alpha value is -2.00. The summed E-state index contributed by atoms with van der Waals surface area (Å²) in [5, 5.41) is 3.74. The van der Waals surface area contributed by atoms with Gasteiger partial charge in [0.2, 0.25) is 5.91 Å². The van der Waals surface area contributed by atoms with E-state index in [-0.39, 0.29) is 11.3 Å². The predicted molar refractivity (Wildman–Crippen MR) is 98.8 cm³/mol. The van der Waals surface area contributed by atoms with Crippen LogP contribution in [0.5, 0.6) is 5.75 Å². The van der Waals surface area contributed by atoms with Crippen LogP contribution in [0.3, 0.4) is 0 Å². The van der Waals surface area contributed by atoms with Crippen LogP contribution in [-0.2, 0) is 16.6 Å². The van der Waals surface area contributed by atoms with Crippen molar-refractivity contribution in [1.82, 2.24) is 5.32 Å². The van der Waals surface area contributed by atoms with E-state index in [1.54, 1.807) is 7.11 Å². The highest BCUT2D eigenvalue weighted by molar-refractivity contribution is 6.30. The molecule has 2 aromatic rings. The lowest BCUT2D eigenvalue weighted by Gasteiger charge is -2.26. The molecule has 2 rings (SSSR count). The van der Waals surface area contributed by atoms with Crippen LogP contribution in [0, 0.1) is 0 Å². The average Bonchev–Trinajstić information content (AvgIpc) is 2.58.